The third-order valence-electron chi connectivity index (χ3n) is 3.40. The van der Waals surface area contributed by atoms with E-state index in [1.165, 1.54) is 5.56 Å². The Morgan fingerprint density at radius 1 is 1.17 bits per heavy atom. The minimum absolute atomic E-state index is 0.0602. The van der Waals surface area contributed by atoms with Crippen LogP contribution in [0.2, 0.25) is 0 Å². The smallest absolute Gasteiger partial charge is 0.229 e. The normalized spacial score (nSPS) is 10.5. The summed E-state index contributed by atoms with van der Waals surface area (Å²) in [5.41, 5.74) is 3.85. The molecule has 23 heavy (non-hydrogen) atoms. The maximum absolute atomic E-state index is 12.3. The molecule has 3 aromatic rings. The van der Waals surface area contributed by atoms with E-state index in [1.807, 2.05) is 25.1 Å². The number of carbonyl (C=O) groups is 1. The second-order valence-electron chi connectivity index (χ2n) is 5.34. The van der Waals surface area contributed by atoms with Crippen molar-refractivity contribution in [3.63, 3.8) is 0 Å². The van der Waals surface area contributed by atoms with Gasteiger partial charge < -0.3 is 5.32 Å². The molecule has 1 aromatic carbocycles. The molecular weight excluding hydrogens is 306 g/mol. The zero-order valence-corrected chi connectivity index (χ0v) is 13.9. The SMILES string of the molecule is Cc1ccc(-c2nc(C)sc2CC(=O)Nc2cccnc2)cc1. The molecule has 5 heteroatoms. The first-order chi connectivity index (χ1) is 11.1. The summed E-state index contributed by atoms with van der Waals surface area (Å²) in [6.07, 6.45) is 3.62. The number of aromatic nitrogens is 2. The van der Waals surface area contributed by atoms with Crippen molar-refractivity contribution in [2.24, 2.45) is 0 Å². The van der Waals surface area contributed by atoms with Crippen LogP contribution in [0.1, 0.15) is 15.4 Å². The molecular formula is C18H17N3OS. The largest absolute Gasteiger partial charge is 0.324 e. The van der Waals surface area contributed by atoms with Gasteiger partial charge in [-0.25, -0.2) is 4.98 Å². The average Bonchev–Trinajstić information content (AvgIpc) is 2.89. The maximum atomic E-state index is 12.3. The van der Waals surface area contributed by atoms with Gasteiger partial charge in [-0.15, -0.1) is 11.3 Å². The molecule has 0 saturated heterocycles. The number of nitrogens with one attached hydrogen (secondary N) is 1. The molecule has 4 nitrogen and oxygen atoms in total. The molecule has 2 heterocycles. The van der Waals surface area contributed by atoms with E-state index in [0.717, 1.165) is 21.1 Å². The lowest BCUT2D eigenvalue weighted by Crippen LogP contribution is -2.14. The van der Waals surface area contributed by atoms with Gasteiger partial charge in [0.05, 0.1) is 29.0 Å². The highest BCUT2D eigenvalue weighted by Crippen LogP contribution is 2.29. The maximum Gasteiger partial charge on any atom is 0.229 e. The summed E-state index contributed by atoms with van der Waals surface area (Å²) in [5.74, 6) is -0.0602. The number of benzene rings is 1. The molecule has 2 aromatic heterocycles. The Morgan fingerprint density at radius 2 is 1.96 bits per heavy atom. The van der Waals surface area contributed by atoms with E-state index in [1.54, 1.807) is 29.8 Å². The highest BCUT2D eigenvalue weighted by molar-refractivity contribution is 7.12. The van der Waals surface area contributed by atoms with Crippen LogP contribution in [0.25, 0.3) is 11.3 Å². The van der Waals surface area contributed by atoms with Crippen LogP contribution >= 0.6 is 11.3 Å². The van der Waals surface area contributed by atoms with Crippen molar-refractivity contribution in [2.75, 3.05) is 5.32 Å². The molecule has 0 radical (unpaired) electrons. The van der Waals surface area contributed by atoms with Crippen molar-refractivity contribution in [1.82, 2.24) is 9.97 Å². The highest BCUT2D eigenvalue weighted by Gasteiger charge is 2.15. The van der Waals surface area contributed by atoms with Crippen molar-refractivity contribution in [2.45, 2.75) is 20.3 Å². The number of hydrogen-bond donors (Lipinski definition) is 1. The summed E-state index contributed by atoms with van der Waals surface area (Å²) < 4.78 is 0. The molecule has 0 saturated carbocycles. The van der Waals surface area contributed by atoms with Gasteiger partial charge in [0, 0.05) is 16.6 Å². The van der Waals surface area contributed by atoms with Crippen LogP contribution in [-0.4, -0.2) is 15.9 Å². The lowest BCUT2D eigenvalue weighted by molar-refractivity contribution is -0.115. The summed E-state index contributed by atoms with van der Waals surface area (Å²) in [5, 5.41) is 3.83. The van der Waals surface area contributed by atoms with Crippen molar-refractivity contribution in [3.8, 4) is 11.3 Å². The number of amides is 1. The number of carbonyl (C=O) groups excluding carboxylic acids is 1. The molecule has 0 aliphatic heterocycles. The second kappa shape index (κ2) is 6.71. The molecule has 1 N–H and O–H groups in total. The molecule has 0 bridgehead atoms. The first-order valence-electron chi connectivity index (χ1n) is 7.35. The average molecular weight is 323 g/mol. The molecule has 0 atom stereocenters. The first-order valence-corrected chi connectivity index (χ1v) is 8.16. The number of hydrogen-bond acceptors (Lipinski definition) is 4. The van der Waals surface area contributed by atoms with Gasteiger partial charge in [-0.1, -0.05) is 29.8 Å². The number of pyridine rings is 1. The first kappa shape index (κ1) is 15.4. The molecule has 3 rings (SSSR count). The molecule has 1 amide bonds. The lowest BCUT2D eigenvalue weighted by Gasteiger charge is -2.05. The van der Waals surface area contributed by atoms with Crippen LogP contribution in [0.15, 0.2) is 48.8 Å². The van der Waals surface area contributed by atoms with E-state index in [0.29, 0.717) is 12.1 Å². The predicted molar refractivity (Wildman–Crippen MR) is 93.6 cm³/mol. The van der Waals surface area contributed by atoms with Crippen molar-refractivity contribution >= 4 is 22.9 Å². The Kier molecular flexibility index (Phi) is 4.48. The van der Waals surface area contributed by atoms with Crippen LogP contribution in [0, 0.1) is 13.8 Å². The number of nitrogens with zero attached hydrogens (tertiary/aromatic N) is 2. The second-order valence-corrected chi connectivity index (χ2v) is 6.63. The van der Waals surface area contributed by atoms with Crippen LogP contribution < -0.4 is 5.32 Å². The minimum Gasteiger partial charge on any atom is -0.324 e. The summed E-state index contributed by atoms with van der Waals surface area (Å²) in [7, 11) is 0. The molecule has 0 aliphatic rings. The third-order valence-corrected chi connectivity index (χ3v) is 4.37. The van der Waals surface area contributed by atoms with Gasteiger partial charge in [0.25, 0.3) is 0 Å². The lowest BCUT2D eigenvalue weighted by atomic mass is 10.1. The number of rotatable bonds is 4. The van der Waals surface area contributed by atoms with Crippen molar-refractivity contribution in [1.29, 1.82) is 0 Å². The van der Waals surface area contributed by atoms with Crippen molar-refractivity contribution < 1.29 is 4.79 Å². The van der Waals surface area contributed by atoms with Gasteiger partial charge >= 0.3 is 0 Å². The van der Waals surface area contributed by atoms with Gasteiger partial charge in [-0.3, -0.25) is 9.78 Å². The summed E-state index contributed by atoms with van der Waals surface area (Å²) in [6, 6.07) is 11.8. The number of thiazole rings is 1. The standard InChI is InChI=1S/C18H17N3OS/c1-12-5-7-14(8-6-12)18-16(23-13(2)20-18)10-17(22)21-15-4-3-9-19-11-15/h3-9,11H,10H2,1-2H3,(H,21,22). The van der Waals surface area contributed by atoms with Crippen LogP contribution in [0.4, 0.5) is 5.69 Å². The van der Waals surface area contributed by atoms with Gasteiger partial charge in [0.1, 0.15) is 0 Å². The summed E-state index contributed by atoms with van der Waals surface area (Å²) >= 11 is 1.56. The topological polar surface area (TPSA) is 54.9 Å². The van der Waals surface area contributed by atoms with Gasteiger partial charge in [-0.05, 0) is 26.0 Å². The number of anilines is 1. The monoisotopic (exact) mass is 323 g/mol. The Labute approximate surface area is 139 Å². The summed E-state index contributed by atoms with van der Waals surface area (Å²) in [4.78, 5) is 21.8. The molecule has 0 spiro atoms. The van der Waals surface area contributed by atoms with Gasteiger partial charge in [0.2, 0.25) is 5.91 Å². The van der Waals surface area contributed by atoms with Crippen LogP contribution in [0.5, 0.6) is 0 Å². The van der Waals surface area contributed by atoms with E-state index in [9.17, 15) is 4.79 Å². The highest BCUT2D eigenvalue weighted by atomic mass is 32.1. The predicted octanol–water partition coefficient (Wildman–Crippen LogP) is 4.00. The van der Waals surface area contributed by atoms with E-state index >= 15 is 0 Å². The fraction of sp³-hybridized carbons (Fsp3) is 0.167. The Bertz CT molecular complexity index is 810. The van der Waals surface area contributed by atoms with Crippen molar-refractivity contribution in [3.05, 3.63) is 64.2 Å². The minimum atomic E-state index is -0.0602. The summed E-state index contributed by atoms with van der Waals surface area (Å²) in [6.45, 7) is 4.02. The van der Waals surface area contributed by atoms with E-state index < -0.39 is 0 Å². The molecule has 0 unspecified atom stereocenters. The van der Waals surface area contributed by atoms with Crippen LogP contribution in [0.3, 0.4) is 0 Å². The Hall–Kier alpha value is -2.53. The van der Waals surface area contributed by atoms with E-state index in [4.69, 9.17) is 0 Å². The Balaban J connectivity index is 1.80. The fourth-order valence-corrected chi connectivity index (χ4v) is 3.27. The third kappa shape index (κ3) is 3.81. The van der Waals surface area contributed by atoms with E-state index in [-0.39, 0.29) is 5.91 Å². The van der Waals surface area contributed by atoms with E-state index in [2.05, 4.69) is 34.3 Å². The van der Waals surface area contributed by atoms with Crippen LogP contribution in [-0.2, 0) is 11.2 Å². The number of aryl methyl sites for hydroxylation is 2. The quantitative estimate of drug-likeness (QED) is 0.789. The molecule has 0 aliphatic carbocycles. The fourth-order valence-electron chi connectivity index (χ4n) is 2.31. The van der Waals surface area contributed by atoms with Gasteiger partial charge in [0.15, 0.2) is 0 Å². The molecule has 116 valence electrons. The zero-order valence-electron chi connectivity index (χ0n) is 13.0. The zero-order chi connectivity index (χ0) is 16.2. The molecule has 0 fully saturated rings. The Morgan fingerprint density at radius 3 is 2.65 bits per heavy atom. The van der Waals surface area contributed by atoms with Gasteiger partial charge in [-0.2, -0.15) is 0 Å².